The number of carbonyl (C=O) groups is 2. The molecular weight excluding hydrogens is 417 g/mol. The summed E-state index contributed by atoms with van der Waals surface area (Å²) >= 11 is 0. The van der Waals surface area contributed by atoms with Gasteiger partial charge in [0.25, 0.3) is 0 Å². The summed E-state index contributed by atoms with van der Waals surface area (Å²) in [6, 6.07) is 0.758. The quantitative estimate of drug-likeness (QED) is 0.719. The van der Waals surface area contributed by atoms with Crippen LogP contribution in [0.25, 0.3) is 0 Å². The highest BCUT2D eigenvalue weighted by atomic mass is 19.4. The van der Waals surface area contributed by atoms with E-state index in [0.29, 0.717) is 22.8 Å². The van der Waals surface area contributed by atoms with Gasteiger partial charge < -0.3 is 20.2 Å². The lowest BCUT2D eigenvalue weighted by Gasteiger charge is -2.62. The summed E-state index contributed by atoms with van der Waals surface area (Å²) in [4.78, 5) is 29.9. The first-order valence-electron chi connectivity index (χ1n) is 10.5. The third-order valence-electron chi connectivity index (χ3n) is 7.07. The molecule has 2 N–H and O–H groups in total. The average molecular weight is 442 g/mol. The summed E-state index contributed by atoms with van der Waals surface area (Å²) in [5, 5.41) is 15.1. The molecule has 9 nitrogen and oxygen atoms in total. The van der Waals surface area contributed by atoms with E-state index in [1.165, 1.54) is 12.8 Å². The van der Waals surface area contributed by atoms with Crippen LogP contribution in [0.2, 0.25) is 0 Å². The fourth-order valence-corrected chi connectivity index (χ4v) is 5.08. The molecule has 12 heteroatoms. The molecule has 31 heavy (non-hydrogen) atoms. The normalized spacial score (nSPS) is 25.6. The van der Waals surface area contributed by atoms with Gasteiger partial charge in [0.2, 0.25) is 0 Å². The first-order valence-corrected chi connectivity index (χ1v) is 10.5. The number of likely N-dealkylation sites (tertiary alicyclic amines) is 2. The van der Waals surface area contributed by atoms with Crippen molar-refractivity contribution in [3.8, 4) is 0 Å². The molecule has 3 saturated heterocycles. The molecule has 6 rings (SSSR count). The Kier molecular flexibility index (Phi) is 4.51. The van der Waals surface area contributed by atoms with Crippen LogP contribution in [0.4, 0.5) is 18.0 Å². The lowest BCUT2D eigenvalue weighted by molar-refractivity contribution is -0.192. The fraction of sp³-hybridized carbons (Fsp3) is 0.789. The maximum Gasteiger partial charge on any atom is 0.490 e. The van der Waals surface area contributed by atoms with Gasteiger partial charge in [0.1, 0.15) is 6.33 Å². The number of carboxylic acids is 1. The molecular formula is C19H25F3N6O3. The molecule has 2 saturated carbocycles. The summed E-state index contributed by atoms with van der Waals surface area (Å²) in [6.45, 7) is 5.95. The number of carboxylic acid groups (broad SMARTS) is 1. The Morgan fingerprint density at radius 3 is 2.06 bits per heavy atom. The molecule has 0 unspecified atom stereocenters. The first kappa shape index (κ1) is 20.5. The van der Waals surface area contributed by atoms with Gasteiger partial charge in [-0.3, -0.25) is 0 Å². The number of halogens is 3. The van der Waals surface area contributed by atoms with Gasteiger partial charge in [-0.25, -0.2) is 19.3 Å². The number of nitrogens with zero attached hydrogens (tertiary/aromatic N) is 5. The molecule has 0 radical (unpaired) electrons. The fourth-order valence-electron chi connectivity index (χ4n) is 5.08. The van der Waals surface area contributed by atoms with Gasteiger partial charge in [0, 0.05) is 56.0 Å². The van der Waals surface area contributed by atoms with Crippen LogP contribution in [-0.4, -0.2) is 87.1 Å². The molecule has 1 aromatic heterocycles. The Labute approximate surface area is 176 Å². The standard InChI is InChI=1S/C17H24N6O.C2HF3O2/c24-15(22-9-17(10-22)5-18-6-17)21-7-16(8-21)3-13(4-16)23-11-19-14(20-23)12-1-2-12;3-2(4,5)1(6)7/h11-13,18H,1-10H2;(H,6,7). The smallest absolute Gasteiger partial charge is 0.475 e. The number of rotatable bonds is 2. The summed E-state index contributed by atoms with van der Waals surface area (Å²) < 4.78 is 33.8. The van der Waals surface area contributed by atoms with Crippen molar-refractivity contribution in [1.82, 2.24) is 29.9 Å². The number of aliphatic carboxylic acids is 1. The third kappa shape index (κ3) is 3.74. The zero-order valence-electron chi connectivity index (χ0n) is 16.9. The van der Waals surface area contributed by atoms with E-state index >= 15 is 0 Å². The van der Waals surface area contributed by atoms with E-state index in [0.717, 1.165) is 57.9 Å². The lowest BCUT2D eigenvalue weighted by atomic mass is 9.60. The van der Waals surface area contributed by atoms with Gasteiger partial charge in [-0.05, 0) is 25.7 Å². The van der Waals surface area contributed by atoms with Crippen LogP contribution in [-0.2, 0) is 4.79 Å². The molecule has 4 heterocycles. The number of alkyl halides is 3. The van der Waals surface area contributed by atoms with Crippen LogP contribution >= 0.6 is 0 Å². The van der Waals surface area contributed by atoms with Crippen LogP contribution < -0.4 is 5.32 Å². The molecule has 0 atom stereocenters. The number of urea groups is 1. The molecule has 5 fully saturated rings. The van der Waals surface area contributed by atoms with Crippen molar-refractivity contribution >= 4 is 12.0 Å². The maximum atomic E-state index is 12.5. The van der Waals surface area contributed by atoms with E-state index in [4.69, 9.17) is 9.90 Å². The number of carbonyl (C=O) groups excluding carboxylic acids is 1. The second kappa shape index (κ2) is 6.81. The van der Waals surface area contributed by atoms with Crippen LogP contribution in [0.1, 0.15) is 43.5 Å². The number of amides is 2. The van der Waals surface area contributed by atoms with Crippen molar-refractivity contribution in [2.75, 3.05) is 39.3 Å². The van der Waals surface area contributed by atoms with E-state index in [1.54, 1.807) is 0 Å². The van der Waals surface area contributed by atoms with Crippen LogP contribution in [0.5, 0.6) is 0 Å². The Hall–Kier alpha value is -2.37. The largest absolute Gasteiger partial charge is 0.490 e. The van der Waals surface area contributed by atoms with Crippen molar-refractivity contribution in [3.05, 3.63) is 12.2 Å². The molecule has 2 aliphatic carbocycles. The molecule has 170 valence electrons. The highest BCUT2D eigenvalue weighted by Gasteiger charge is 2.57. The van der Waals surface area contributed by atoms with Crippen LogP contribution in [0, 0.1) is 10.8 Å². The number of hydrogen-bond donors (Lipinski definition) is 2. The topological polar surface area (TPSA) is 104 Å². The number of hydrogen-bond acceptors (Lipinski definition) is 5. The number of aromatic nitrogens is 3. The SMILES string of the molecule is O=C(N1CC2(CNC2)C1)N1CC2(CC(n3cnc(C4CC4)n3)C2)C1.O=C(O)C(F)(F)F. The van der Waals surface area contributed by atoms with Crippen LogP contribution in [0.15, 0.2) is 6.33 Å². The van der Waals surface area contributed by atoms with E-state index in [2.05, 4.69) is 20.1 Å². The minimum atomic E-state index is -5.08. The summed E-state index contributed by atoms with van der Waals surface area (Å²) in [5.41, 5.74) is 0.790. The average Bonchev–Trinajstić information content (AvgIpc) is 3.28. The first-order chi connectivity index (χ1) is 14.6. The Morgan fingerprint density at radius 2 is 1.61 bits per heavy atom. The Morgan fingerprint density at radius 1 is 1.06 bits per heavy atom. The number of nitrogens with one attached hydrogen (secondary N) is 1. The molecule has 0 aromatic carbocycles. The van der Waals surface area contributed by atoms with Crippen molar-refractivity contribution in [3.63, 3.8) is 0 Å². The molecule has 2 spiro atoms. The summed E-state index contributed by atoms with van der Waals surface area (Å²) in [7, 11) is 0. The summed E-state index contributed by atoms with van der Waals surface area (Å²) in [6.07, 6.45) is 1.64. The predicted octanol–water partition coefficient (Wildman–Crippen LogP) is 1.45. The van der Waals surface area contributed by atoms with E-state index in [9.17, 15) is 18.0 Å². The Balaban J connectivity index is 0.000000256. The van der Waals surface area contributed by atoms with Gasteiger partial charge in [0.15, 0.2) is 5.82 Å². The molecule has 5 aliphatic rings. The van der Waals surface area contributed by atoms with Gasteiger partial charge in [0.05, 0.1) is 6.04 Å². The predicted molar refractivity (Wildman–Crippen MR) is 100 cm³/mol. The van der Waals surface area contributed by atoms with E-state index in [-0.39, 0.29) is 6.03 Å². The third-order valence-corrected chi connectivity index (χ3v) is 7.07. The monoisotopic (exact) mass is 442 g/mol. The lowest BCUT2D eigenvalue weighted by Crippen LogP contribution is -2.75. The van der Waals surface area contributed by atoms with Crippen molar-refractivity contribution in [2.24, 2.45) is 10.8 Å². The summed E-state index contributed by atoms with van der Waals surface area (Å²) in [5.74, 6) is -1.09. The minimum Gasteiger partial charge on any atom is -0.475 e. The van der Waals surface area contributed by atoms with Gasteiger partial charge in [-0.15, -0.1) is 0 Å². The Bertz CT molecular complexity index is 873. The minimum absolute atomic E-state index is 0.262. The highest BCUT2D eigenvalue weighted by Crippen LogP contribution is 2.54. The zero-order valence-corrected chi connectivity index (χ0v) is 16.9. The van der Waals surface area contributed by atoms with Crippen molar-refractivity contribution < 1.29 is 27.9 Å². The molecule has 0 bridgehead atoms. The van der Waals surface area contributed by atoms with Gasteiger partial charge >= 0.3 is 18.2 Å². The van der Waals surface area contributed by atoms with Gasteiger partial charge in [-0.2, -0.15) is 18.3 Å². The molecule has 3 aliphatic heterocycles. The highest BCUT2D eigenvalue weighted by molar-refractivity contribution is 5.77. The maximum absolute atomic E-state index is 12.5. The molecule has 2 amide bonds. The van der Waals surface area contributed by atoms with Crippen molar-refractivity contribution in [2.45, 2.75) is 43.8 Å². The zero-order chi connectivity index (χ0) is 22.0. The molecule has 1 aromatic rings. The van der Waals surface area contributed by atoms with E-state index < -0.39 is 12.1 Å². The second-order valence-electron chi connectivity index (χ2n) is 9.82. The van der Waals surface area contributed by atoms with Crippen molar-refractivity contribution in [1.29, 1.82) is 0 Å². The van der Waals surface area contributed by atoms with Crippen LogP contribution in [0.3, 0.4) is 0 Å². The van der Waals surface area contributed by atoms with E-state index in [1.807, 2.05) is 16.1 Å². The second-order valence-corrected chi connectivity index (χ2v) is 9.82. The van der Waals surface area contributed by atoms with Gasteiger partial charge in [-0.1, -0.05) is 0 Å².